The molecule has 0 aliphatic carbocycles. The Hall–Kier alpha value is -1.39. The number of hydrogen-bond donors (Lipinski definition) is 2. The molecule has 104 valence electrons. The zero-order chi connectivity index (χ0) is 13.7. The van der Waals surface area contributed by atoms with Crippen LogP contribution in [0.5, 0.6) is 0 Å². The normalized spacial score (nSPS) is 19.7. The summed E-state index contributed by atoms with van der Waals surface area (Å²) in [7, 11) is 0. The maximum atomic E-state index is 10.5. The fourth-order valence-corrected chi connectivity index (χ4v) is 2.51. The molecule has 0 amide bonds. The highest BCUT2D eigenvalue weighted by molar-refractivity contribution is 5.69. The topological polar surface area (TPSA) is 52.6 Å². The molecule has 1 atom stereocenters. The summed E-state index contributed by atoms with van der Waals surface area (Å²) in [6.07, 6.45) is 2.10. The molecule has 1 heterocycles. The molecule has 0 bridgehead atoms. The van der Waals surface area contributed by atoms with E-state index in [-0.39, 0.29) is 6.54 Å². The van der Waals surface area contributed by atoms with Gasteiger partial charge < -0.3 is 10.4 Å². The SMILES string of the molecule is CCc1ccc(CN2CCC(NCC(=O)O)C2)cc1. The van der Waals surface area contributed by atoms with Crippen LogP contribution < -0.4 is 5.32 Å². The van der Waals surface area contributed by atoms with Crippen LogP contribution in [0.3, 0.4) is 0 Å². The van der Waals surface area contributed by atoms with Gasteiger partial charge in [0.25, 0.3) is 0 Å². The van der Waals surface area contributed by atoms with Gasteiger partial charge in [-0.15, -0.1) is 0 Å². The zero-order valence-corrected chi connectivity index (χ0v) is 11.4. The lowest BCUT2D eigenvalue weighted by atomic mass is 10.1. The number of carboxylic acids is 1. The van der Waals surface area contributed by atoms with Crippen LogP contribution in [0.2, 0.25) is 0 Å². The maximum absolute atomic E-state index is 10.5. The van der Waals surface area contributed by atoms with Crippen molar-refractivity contribution in [3.8, 4) is 0 Å². The third-order valence-electron chi connectivity index (χ3n) is 3.65. The number of aryl methyl sites for hydroxylation is 1. The molecule has 0 aromatic heterocycles. The van der Waals surface area contributed by atoms with Crippen LogP contribution in [-0.4, -0.2) is 41.7 Å². The van der Waals surface area contributed by atoms with Crippen LogP contribution in [0.15, 0.2) is 24.3 Å². The van der Waals surface area contributed by atoms with Crippen LogP contribution in [0.4, 0.5) is 0 Å². The molecule has 1 aliphatic heterocycles. The molecule has 0 radical (unpaired) electrons. The van der Waals surface area contributed by atoms with Gasteiger partial charge in [-0.25, -0.2) is 0 Å². The first-order chi connectivity index (χ1) is 9.17. The second kappa shape index (κ2) is 6.68. The molecule has 2 rings (SSSR count). The number of nitrogens with one attached hydrogen (secondary N) is 1. The molecule has 1 saturated heterocycles. The van der Waals surface area contributed by atoms with Crippen molar-refractivity contribution in [3.05, 3.63) is 35.4 Å². The van der Waals surface area contributed by atoms with Crippen molar-refractivity contribution in [2.24, 2.45) is 0 Å². The van der Waals surface area contributed by atoms with Gasteiger partial charge >= 0.3 is 5.97 Å². The Morgan fingerprint density at radius 2 is 2.05 bits per heavy atom. The van der Waals surface area contributed by atoms with Gasteiger partial charge in [-0.2, -0.15) is 0 Å². The van der Waals surface area contributed by atoms with Crippen LogP contribution in [-0.2, 0) is 17.8 Å². The Morgan fingerprint density at radius 1 is 1.37 bits per heavy atom. The average Bonchev–Trinajstić information content (AvgIpc) is 2.85. The molecule has 0 saturated carbocycles. The van der Waals surface area contributed by atoms with E-state index in [9.17, 15) is 4.79 Å². The van der Waals surface area contributed by atoms with E-state index in [1.807, 2.05) is 0 Å². The van der Waals surface area contributed by atoms with E-state index in [0.29, 0.717) is 6.04 Å². The summed E-state index contributed by atoms with van der Waals surface area (Å²) in [5, 5.41) is 11.7. The lowest BCUT2D eigenvalue weighted by molar-refractivity contribution is -0.136. The molecule has 19 heavy (non-hydrogen) atoms. The molecular weight excluding hydrogens is 240 g/mol. The summed E-state index contributed by atoms with van der Waals surface area (Å²) in [6.45, 7) is 5.14. The predicted octanol–water partition coefficient (Wildman–Crippen LogP) is 1.50. The number of carboxylic acid groups (broad SMARTS) is 1. The van der Waals surface area contributed by atoms with Crippen LogP contribution >= 0.6 is 0 Å². The number of hydrogen-bond acceptors (Lipinski definition) is 3. The summed E-state index contributed by atoms with van der Waals surface area (Å²) in [4.78, 5) is 12.9. The minimum absolute atomic E-state index is 0.0592. The number of aliphatic carboxylic acids is 1. The lowest BCUT2D eigenvalue weighted by Crippen LogP contribution is -2.35. The summed E-state index contributed by atoms with van der Waals surface area (Å²) < 4.78 is 0. The number of rotatable bonds is 6. The van der Waals surface area contributed by atoms with Crippen molar-refractivity contribution in [1.29, 1.82) is 0 Å². The van der Waals surface area contributed by atoms with Gasteiger partial charge in [0.2, 0.25) is 0 Å². The van der Waals surface area contributed by atoms with Gasteiger partial charge in [-0.3, -0.25) is 9.69 Å². The van der Waals surface area contributed by atoms with Gasteiger partial charge in [0.15, 0.2) is 0 Å². The molecule has 2 N–H and O–H groups in total. The molecule has 1 aromatic rings. The highest BCUT2D eigenvalue weighted by Gasteiger charge is 2.22. The van der Waals surface area contributed by atoms with E-state index in [0.717, 1.165) is 32.5 Å². The minimum atomic E-state index is -0.784. The van der Waals surface area contributed by atoms with Crippen LogP contribution in [0, 0.1) is 0 Å². The van der Waals surface area contributed by atoms with E-state index in [1.165, 1.54) is 11.1 Å². The Labute approximate surface area is 114 Å². The van der Waals surface area contributed by atoms with Crippen molar-refractivity contribution in [2.75, 3.05) is 19.6 Å². The van der Waals surface area contributed by atoms with Crippen molar-refractivity contribution >= 4 is 5.97 Å². The molecular formula is C15H22N2O2. The number of nitrogens with zero attached hydrogens (tertiary/aromatic N) is 1. The third-order valence-corrected chi connectivity index (χ3v) is 3.65. The highest BCUT2D eigenvalue weighted by atomic mass is 16.4. The summed E-state index contributed by atoms with van der Waals surface area (Å²) in [5.41, 5.74) is 2.70. The molecule has 0 spiro atoms. The standard InChI is InChI=1S/C15H22N2O2/c1-2-12-3-5-13(6-4-12)10-17-8-7-14(11-17)16-9-15(18)19/h3-6,14,16H,2,7-11H2,1H3,(H,18,19). The predicted molar refractivity (Wildman–Crippen MR) is 75.1 cm³/mol. The van der Waals surface area contributed by atoms with Crippen molar-refractivity contribution in [1.82, 2.24) is 10.2 Å². The maximum Gasteiger partial charge on any atom is 0.317 e. The molecule has 1 aliphatic rings. The van der Waals surface area contributed by atoms with Crippen molar-refractivity contribution in [2.45, 2.75) is 32.4 Å². The zero-order valence-electron chi connectivity index (χ0n) is 11.4. The van der Waals surface area contributed by atoms with Gasteiger partial charge in [-0.1, -0.05) is 31.2 Å². The lowest BCUT2D eigenvalue weighted by Gasteiger charge is -2.16. The Morgan fingerprint density at radius 3 is 2.68 bits per heavy atom. The quantitative estimate of drug-likeness (QED) is 0.815. The largest absolute Gasteiger partial charge is 0.480 e. The first-order valence-electron chi connectivity index (χ1n) is 6.92. The molecule has 1 unspecified atom stereocenters. The van der Waals surface area contributed by atoms with Gasteiger partial charge in [0.05, 0.1) is 6.54 Å². The van der Waals surface area contributed by atoms with Gasteiger partial charge in [0, 0.05) is 25.7 Å². The van der Waals surface area contributed by atoms with Crippen molar-refractivity contribution < 1.29 is 9.90 Å². The molecule has 4 heteroatoms. The molecule has 1 fully saturated rings. The second-order valence-electron chi connectivity index (χ2n) is 5.17. The second-order valence-corrected chi connectivity index (χ2v) is 5.17. The fourth-order valence-electron chi connectivity index (χ4n) is 2.51. The minimum Gasteiger partial charge on any atom is -0.480 e. The van der Waals surface area contributed by atoms with E-state index in [2.05, 4.69) is 41.4 Å². The summed E-state index contributed by atoms with van der Waals surface area (Å²) >= 11 is 0. The Bertz CT molecular complexity index is 417. The fraction of sp³-hybridized carbons (Fsp3) is 0.533. The Kier molecular flexibility index (Phi) is 4.93. The van der Waals surface area contributed by atoms with E-state index < -0.39 is 5.97 Å². The molecule has 1 aromatic carbocycles. The van der Waals surface area contributed by atoms with Gasteiger partial charge in [0.1, 0.15) is 0 Å². The first kappa shape index (κ1) is 14.0. The van der Waals surface area contributed by atoms with Crippen LogP contribution in [0.1, 0.15) is 24.5 Å². The van der Waals surface area contributed by atoms with Crippen LogP contribution in [0.25, 0.3) is 0 Å². The highest BCUT2D eigenvalue weighted by Crippen LogP contribution is 2.14. The summed E-state index contributed by atoms with van der Waals surface area (Å²) in [6, 6.07) is 9.07. The smallest absolute Gasteiger partial charge is 0.317 e. The summed E-state index contributed by atoms with van der Waals surface area (Å²) in [5.74, 6) is -0.784. The monoisotopic (exact) mass is 262 g/mol. The molecule has 4 nitrogen and oxygen atoms in total. The van der Waals surface area contributed by atoms with E-state index in [1.54, 1.807) is 0 Å². The Balaban J connectivity index is 1.79. The number of carbonyl (C=O) groups is 1. The first-order valence-corrected chi connectivity index (χ1v) is 6.92. The van der Waals surface area contributed by atoms with E-state index in [4.69, 9.17) is 5.11 Å². The average molecular weight is 262 g/mol. The number of likely N-dealkylation sites (tertiary alicyclic amines) is 1. The van der Waals surface area contributed by atoms with Crippen molar-refractivity contribution in [3.63, 3.8) is 0 Å². The van der Waals surface area contributed by atoms with E-state index >= 15 is 0 Å². The third kappa shape index (κ3) is 4.33. The number of benzene rings is 1. The van der Waals surface area contributed by atoms with Gasteiger partial charge in [-0.05, 0) is 24.0 Å².